The van der Waals surface area contributed by atoms with Crippen LogP contribution in [0, 0.1) is 5.82 Å². The lowest BCUT2D eigenvalue weighted by atomic mass is 10.1. The summed E-state index contributed by atoms with van der Waals surface area (Å²) < 4.78 is 47.8. The molecule has 3 aromatic heterocycles. The van der Waals surface area contributed by atoms with E-state index in [-0.39, 0.29) is 42.2 Å². The molecular formula is C27H32F3N7O2. The van der Waals surface area contributed by atoms with E-state index in [1.807, 2.05) is 0 Å². The van der Waals surface area contributed by atoms with Crippen molar-refractivity contribution in [2.45, 2.75) is 70.0 Å². The molecule has 2 unspecified atom stereocenters. The Balaban J connectivity index is 1.60. The molecule has 0 saturated heterocycles. The van der Waals surface area contributed by atoms with Crippen LogP contribution in [0.5, 0.6) is 5.88 Å². The SMILES string of the molecule is C=CCCOc1nc(-c2cc(C(C)N(C(=O)NC(CC=C)CCC(F)F)C3CC3)ncc2F)nn2ccnc12. The molecule has 4 rings (SSSR count). The van der Waals surface area contributed by atoms with E-state index >= 15 is 4.39 Å². The van der Waals surface area contributed by atoms with Gasteiger partial charge in [-0.3, -0.25) is 4.98 Å². The molecule has 3 heterocycles. The Morgan fingerprint density at radius 2 is 2.08 bits per heavy atom. The number of hydrogen-bond donors (Lipinski definition) is 1. The Labute approximate surface area is 224 Å². The van der Waals surface area contributed by atoms with Gasteiger partial charge < -0.3 is 15.0 Å². The molecule has 1 fully saturated rings. The topological polar surface area (TPSA) is 97.5 Å². The number of hydrogen-bond acceptors (Lipinski definition) is 6. The highest BCUT2D eigenvalue weighted by Gasteiger charge is 2.37. The molecule has 1 aliphatic carbocycles. The summed E-state index contributed by atoms with van der Waals surface area (Å²) >= 11 is 0. The lowest BCUT2D eigenvalue weighted by Crippen LogP contribution is -2.47. The highest BCUT2D eigenvalue weighted by molar-refractivity contribution is 5.76. The number of imidazole rings is 1. The van der Waals surface area contributed by atoms with Crippen LogP contribution < -0.4 is 10.1 Å². The van der Waals surface area contributed by atoms with Crippen LogP contribution in [0.25, 0.3) is 17.0 Å². The van der Waals surface area contributed by atoms with Crippen LogP contribution in [0.4, 0.5) is 18.0 Å². The van der Waals surface area contributed by atoms with E-state index in [2.05, 4.69) is 38.5 Å². The van der Waals surface area contributed by atoms with Crippen molar-refractivity contribution in [2.75, 3.05) is 6.61 Å². The maximum Gasteiger partial charge on any atom is 0.318 e. The molecule has 9 nitrogen and oxygen atoms in total. The fraction of sp³-hybridized carbons (Fsp3) is 0.444. The maximum absolute atomic E-state index is 15.0. The number of carbonyl (C=O) groups is 1. The van der Waals surface area contributed by atoms with Crippen LogP contribution in [0.3, 0.4) is 0 Å². The summed E-state index contributed by atoms with van der Waals surface area (Å²) in [7, 11) is 0. The molecule has 12 heteroatoms. The van der Waals surface area contributed by atoms with Gasteiger partial charge in [0.25, 0.3) is 5.88 Å². The molecule has 3 aromatic rings. The van der Waals surface area contributed by atoms with Crippen LogP contribution >= 0.6 is 0 Å². The number of halogens is 3. The summed E-state index contributed by atoms with van der Waals surface area (Å²) in [4.78, 5) is 27.8. The number of alkyl halides is 2. The molecule has 0 spiro atoms. The number of fused-ring (bicyclic) bond motifs is 1. The first-order valence-corrected chi connectivity index (χ1v) is 12.9. The fourth-order valence-corrected chi connectivity index (χ4v) is 4.29. The van der Waals surface area contributed by atoms with E-state index in [1.165, 1.54) is 16.8 Å². The first kappa shape index (κ1) is 28.1. The number of aromatic nitrogens is 5. The summed E-state index contributed by atoms with van der Waals surface area (Å²) in [6.07, 6.45) is 7.47. The molecule has 39 heavy (non-hydrogen) atoms. The number of pyridine rings is 1. The minimum atomic E-state index is -2.45. The first-order chi connectivity index (χ1) is 18.8. The third-order valence-electron chi connectivity index (χ3n) is 6.43. The van der Waals surface area contributed by atoms with Crippen molar-refractivity contribution in [2.24, 2.45) is 0 Å². The van der Waals surface area contributed by atoms with Crippen molar-refractivity contribution >= 4 is 11.7 Å². The van der Waals surface area contributed by atoms with Gasteiger partial charge in [-0.15, -0.1) is 18.3 Å². The molecule has 1 saturated carbocycles. The van der Waals surface area contributed by atoms with Gasteiger partial charge in [-0.05, 0) is 45.1 Å². The Morgan fingerprint density at radius 3 is 2.77 bits per heavy atom. The average Bonchev–Trinajstić information content (AvgIpc) is 3.62. The Kier molecular flexibility index (Phi) is 9.15. The largest absolute Gasteiger partial charge is 0.475 e. The summed E-state index contributed by atoms with van der Waals surface area (Å²) in [5.74, 6) is -0.362. The van der Waals surface area contributed by atoms with Crippen molar-refractivity contribution < 1.29 is 22.7 Å². The highest BCUT2D eigenvalue weighted by Crippen LogP contribution is 2.35. The van der Waals surface area contributed by atoms with E-state index in [0.717, 1.165) is 19.0 Å². The number of urea groups is 1. The van der Waals surface area contributed by atoms with Gasteiger partial charge in [0.2, 0.25) is 12.1 Å². The molecular weight excluding hydrogens is 511 g/mol. The van der Waals surface area contributed by atoms with Crippen molar-refractivity contribution in [3.8, 4) is 17.3 Å². The number of nitrogens with zero attached hydrogens (tertiary/aromatic N) is 6. The molecule has 1 N–H and O–H groups in total. The van der Waals surface area contributed by atoms with Gasteiger partial charge in [-0.2, -0.15) is 4.98 Å². The number of carbonyl (C=O) groups excluding carboxylic acids is 1. The van der Waals surface area contributed by atoms with Gasteiger partial charge in [0.15, 0.2) is 11.6 Å². The second kappa shape index (κ2) is 12.7. The zero-order valence-corrected chi connectivity index (χ0v) is 21.8. The van der Waals surface area contributed by atoms with E-state index in [4.69, 9.17) is 4.74 Å². The normalized spacial score (nSPS) is 14.7. The van der Waals surface area contributed by atoms with Crippen LogP contribution in [0.15, 0.2) is 50.0 Å². The van der Waals surface area contributed by atoms with Crippen molar-refractivity contribution in [3.05, 3.63) is 61.5 Å². The quantitative estimate of drug-likeness (QED) is 0.213. The van der Waals surface area contributed by atoms with Crippen LogP contribution in [0.2, 0.25) is 0 Å². The lowest BCUT2D eigenvalue weighted by Gasteiger charge is -2.31. The van der Waals surface area contributed by atoms with E-state index in [1.54, 1.807) is 30.2 Å². The van der Waals surface area contributed by atoms with Gasteiger partial charge in [0.1, 0.15) is 0 Å². The standard InChI is InChI=1S/C27H32F3N7O2/c1-4-6-14-39-26-25-31-12-13-36(25)35-24(34-26)20-15-22(32-16-21(20)28)17(3)37(19-9-10-19)27(38)33-18(7-5-2)8-11-23(29)30/h4-5,12-13,15-19,23H,1-2,6-11,14H2,3H3,(H,33,38). The fourth-order valence-electron chi connectivity index (χ4n) is 4.29. The smallest absolute Gasteiger partial charge is 0.318 e. The van der Waals surface area contributed by atoms with Gasteiger partial charge in [0.05, 0.1) is 30.1 Å². The van der Waals surface area contributed by atoms with Crippen LogP contribution in [-0.4, -0.2) is 60.6 Å². The molecule has 0 bridgehead atoms. The highest BCUT2D eigenvalue weighted by atomic mass is 19.3. The molecule has 2 amide bonds. The van der Waals surface area contributed by atoms with Gasteiger partial charge in [0, 0.05) is 30.9 Å². The molecule has 2 atom stereocenters. The second-order valence-electron chi connectivity index (χ2n) is 9.40. The number of ether oxygens (including phenoxy) is 1. The summed E-state index contributed by atoms with van der Waals surface area (Å²) in [5.41, 5.74) is 0.918. The molecule has 0 aromatic carbocycles. The van der Waals surface area contributed by atoms with Gasteiger partial charge in [-0.1, -0.05) is 12.2 Å². The average molecular weight is 544 g/mol. The van der Waals surface area contributed by atoms with Crippen LogP contribution in [0.1, 0.15) is 57.2 Å². The molecule has 1 aliphatic rings. The monoisotopic (exact) mass is 543 g/mol. The molecule has 0 radical (unpaired) electrons. The first-order valence-electron chi connectivity index (χ1n) is 12.9. The number of nitrogens with one attached hydrogen (secondary N) is 1. The van der Waals surface area contributed by atoms with Gasteiger partial charge >= 0.3 is 6.03 Å². The maximum atomic E-state index is 15.0. The second-order valence-corrected chi connectivity index (χ2v) is 9.40. The summed E-state index contributed by atoms with van der Waals surface area (Å²) in [6.45, 7) is 9.46. The van der Waals surface area contributed by atoms with Crippen molar-refractivity contribution in [1.82, 2.24) is 34.8 Å². The Morgan fingerprint density at radius 1 is 1.28 bits per heavy atom. The summed E-state index contributed by atoms with van der Waals surface area (Å²) in [5, 5.41) is 7.26. The number of rotatable bonds is 14. The van der Waals surface area contributed by atoms with Crippen LogP contribution in [-0.2, 0) is 0 Å². The van der Waals surface area contributed by atoms with E-state index in [9.17, 15) is 13.6 Å². The molecule has 0 aliphatic heterocycles. The van der Waals surface area contributed by atoms with Crippen molar-refractivity contribution in [1.29, 1.82) is 0 Å². The third kappa shape index (κ3) is 6.92. The third-order valence-corrected chi connectivity index (χ3v) is 6.43. The zero-order chi connectivity index (χ0) is 27.9. The summed E-state index contributed by atoms with van der Waals surface area (Å²) in [6, 6.07) is 0.110. The lowest BCUT2D eigenvalue weighted by molar-refractivity contribution is 0.128. The number of amides is 2. The minimum absolute atomic E-state index is 0.0294. The predicted octanol–water partition coefficient (Wildman–Crippen LogP) is 5.51. The molecule has 208 valence electrons. The Bertz CT molecular complexity index is 1310. The predicted molar refractivity (Wildman–Crippen MR) is 140 cm³/mol. The van der Waals surface area contributed by atoms with Crippen molar-refractivity contribution in [3.63, 3.8) is 0 Å². The zero-order valence-electron chi connectivity index (χ0n) is 21.8. The Hall–Kier alpha value is -3.96. The van der Waals surface area contributed by atoms with E-state index < -0.39 is 24.3 Å². The minimum Gasteiger partial charge on any atom is -0.475 e. The van der Waals surface area contributed by atoms with E-state index in [0.29, 0.717) is 30.8 Å². The van der Waals surface area contributed by atoms with Gasteiger partial charge in [-0.25, -0.2) is 27.5 Å².